The van der Waals surface area contributed by atoms with Crippen molar-refractivity contribution in [2.24, 2.45) is 0 Å². The van der Waals surface area contributed by atoms with Crippen molar-refractivity contribution in [3.8, 4) is 0 Å². The van der Waals surface area contributed by atoms with Crippen LogP contribution in [0.2, 0.25) is 0 Å². The van der Waals surface area contributed by atoms with Gasteiger partial charge < -0.3 is 10.1 Å². The number of alkyl halides is 2. The molecule has 0 bridgehead atoms. The van der Waals surface area contributed by atoms with E-state index >= 15 is 0 Å². The highest BCUT2D eigenvalue weighted by Gasteiger charge is 2.29. The molecule has 0 amide bonds. The van der Waals surface area contributed by atoms with Crippen molar-refractivity contribution in [1.29, 1.82) is 0 Å². The quantitative estimate of drug-likeness (QED) is 0.442. The Morgan fingerprint density at radius 2 is 2.13 bits per heavy atom. The van der Waals surface area contributed by atoms with Gasteiger partial charge in [0.2, 0.25) is 0 Å². The molecule has 0 aromatic carbocycles. The summed E-state index contributed by atoms with van der Waals surface area (Å²) in [6.45, 7) is 0. The Morgan fingerprint density at radius 3 is 2.53 bits per heavy atom. The Hall–Kier alpha value is -1.99. The van der Waals surface area contributed by atoms with Gasteiger partial charge in [-0.25, -0.2) is 13.2 Å². The minimum Gasteiger partial charge on any atom is -0.358 e. The van der Waals surface area contributed by atoms with Crippen molar-refractivity contribution in [3.05, 3.63) is 33.3 Å². The Kier molecular flexibility index (Phi) is 2.98. The van der Waals surface area contributed by atoms with Crippen LogP contribution in [0.5, 0.6) is 0 Å². The normalized spacial score (nSPS) is 10.4. The van der Waals surface area contributed by atoms with Gasteiger partial charge in [-0.1, -0.05) is 0 Å². The number of aromatic nitrogens is 1. The zero-order chi connectivity index (χ0) is 11.6. The van der Waals surface area contributed by atoms with E-state index in [4.69, 9.17) is 0 Å². The molecule has 1 rings (SSSR count). The number of aldehydes is 1. The van der Waals surface area contributed by atoms with Crippen molar-refractivity contribution < 1.29 is 22.9 Å². The van der Waals surface area contributed by atoms with Gasteiger partial charge in [0.05, 0.1) is 5.56 Å². The number of carbonyl (C=O) groups excluding carboxylic acids is 1. The number of hydrogen-bond acceptors (Lipinski definition) is 4. The average Bonchev–Trinajstić information content (AvgIpc) is 2.16. The molecule has 1 heterocycles. The first-order valence-electron chi connectivity index (χ1n) is 3.55. The minimum atomic E-state index is -3.40. The molecule has 0 aliphatic carbocycles. The molecule has 0 fully saturated rings. The maximum Gasteiger partial charge on any atom is 0.375 e. The third-order valence-electron chi connectivity index (χ3n) is 1.57. The maximum absolute atomic E-state index is 13.1. The zero-order valence-electron chi connectivity index (χ0n) is 6.99. The van der Waals surface area contributed by atoms with Gasteiger partial charge in [0.25, 0.3) is 6.43 Å². The fourth-order valence-corrected chi connectivity index (χ4v) is 0.932. The second kappa shape index (κ2) is 4.03. The van der Waals surface area contributed by atoms with Gasteiger partial charge in [-0.05, 0) is 9.91 Å². The van der Waals surface area contributed by atoms with Crippen LogP contribution in [0, 0.1) is 15.9 Å². The van der Waals surface area contributed by atoms with E-state index in [1.54, 1.807) is 0 Å². The van der Waals surface area contributed by atoms with Crippen LogP contribution in [0.4, 0.5) is 19.0 Å². The minimum absolute atomic E-state index is 0.0437. The Morgan fingerprint density at radius 1 is 1.53 bits per heavy atom. The van der Waals surface area contributed by atoms with E-state index in [1.165, 1.54) is 0 Å². The summed E-state index contributed by atoms with van der Waals surface area (Å²) in [5, 5.41) is 10.2. The lowest BCUT2D eigenvalue weighted by Gasteiger charge is -2.03. The third-order valence-corrected chi connectivity index (χ3v) is 1.57. The van der Waals surface area contributed by atoms with Crippen molar-refractivity contribution in [2.45, 2.75) is 6.43 Å². The van der Waals surface area contributed by atoms with Gasteiger partial charge in [-0.2, -0.15) is 0 Å². The van der Waals surface area contributed by atoms with Crippen molar-refractivity contribution in [3.63, 3.8) is 0 Å². The summed E-state index contributed by atoms with van der Waals surface area (Å²) in [4.78, 5) is 22.2. The lowest BCUT2D eigenvalue weighted by Crippen LogP contribution is -2.05. The van der Waals surface area contributed by atoms with Crippen LogP contribution in [0.25, 0.3) is 0 Å². The van der Waals surface area contributed by atoms with Crippen molar-refractivity contribution >= 4 is 12.1 Å². The van der Waals surface area contributed by atoms with Gasteiger partial charge >= 0.3 is 5.82 Å². The van der Waals surface area contributed by atoms with Crippen molar-refractivity contribution in [1.82, 2.24) is 4.98 Å². The molecule has 15 heavy (non-hydrogen) atoms. The monoisotopic (exact) mass is 220 g/mol. The fraction of sp³-hybridized carbons (Fsp3) is 0.143. The van der Waals surface area contributed by atoms with Gasteiger partial charge in [-0.15, -0.1) is 0 Å². The molecule has 0 saturated carbocycles. The number of nitrogens with zero attached hydrogens (tertiary/aromatic N) is 2. The summed E-state index contributed by atoms with van der Waals surface area (Å²) in [6, 6.07) is 0. The fourth-order valence-electron chi connectivity index (χ4n) is 0.932. The van der Waals surface area contributed by atoms with E-state index in [9.17, 15) is 28.1 Å². The predicted octanol–water partition coefficient (Wildman–Crippen LogP) is 1.88. The lowest BCUT2D eigenvalue weighted by atomic mass is 10.2. The van der Waals surface area contributed by atoms with Crippen LogP contribution < -0.4 is 0 Å². The first-order chi connectivity index (χ1) is 6.99. The molecule has 0 saturated heterocycles. The first kappa shape index (κ1) is 11.1. The summed E-state index contributed by atoms with van der Waals surface area (Å²) < 4.78 is 37.6. The molecule has 80 valence electrons. The smallest absolute Gasteiger partial charge is 0.358 e. The van der Waals surface area contributed by atoms with Gasteiger partial charge in [0, 0.05) is 0 Å². The second-order valence-electron chi connectivity index (χ2n) is 2.44. The highest BCUT2D eigenvalue weighted by Crippen LogP contribution is 2.30. The molecular weight excluding hydrogens is 217 g/mol. The number of carbonyl (C=O) groups is 1. The third kappa shape index (κ3) is 1.92. The first-order valence-corrected chi connectivity index (χ1v) is 3.55. The van der Waals surface area contributed by atoms with Gasteiger partial charge in [-0.3, -0.25) is 4.79 Å². The van der Waals surface area contributed by atoms with Crippen LogP contribution >= 0.6 is 0 Å². The van der Waals surface area contributed by atoms with E-state index in [0.29, 0.717) is 6.20 Å². The summed E-state index contributed by atoms with van der Waals surface area (Å²) in [7, 11) is 0. The number of rotatable bonds is 3. The largest absolute Gasteiger partial charge is 0.375 e. The maximum atomic E-state index is 13.1. The summed E-state index contributed by atoms with van der Waals surface area (Å²) >= 11 is 0. The Bertz CT molecular complexity index is 422. The van der Waals surface area contributed by atoms with Gasteiger partial charge in [0.1, 0.15) is 0 Å². The van der Waals surface area contributed by atoms with Crippen LogP contribution in [0.15, 0.2) is 6.20 Å². The Labute approximate surface area is 80.7 Å². The molecule has 0 aliphatic rings. The van der Waals surface area contributed by atoms with E-state index in [1.807, 2.05) is 0 Å². The SMILES string of the molecule is O=Cc1cnc([N+](=O)[O-])c(C(F)F)c1F. The summed E-state index contributed by atoms with van der Waals surface area (Å²) in [6.07, 6.45) is -2.91. The van der Waals surface area contributed by atoms with Crippen molar-refractivity contribution in [2.75, 3.05) is 0 Å². The molecule has 0 aliphatic heterocycles. The highest BCUT2D eigenvalue weighted by atomic mass is 19.3. The molecular formula is C7H3F3N2O3. The highest BCUT2D eigenvalue weighted by molar-refractivity contribution is 5.75. The lowest BCUT2D eigenvalue weighted by molar-refractivity contribution is -0.391. The van der Waals surface area contributed by atoms with Crippen LogP contribution in [-0.2, 0) is 0 Å². The number of halogens is 3. The second-order valence-corrected chi connectivity index (χ2v) is 2.44. The van der Waals surface area contributed by atoms with E-state index in [-0.39, 0.29) is 6.29 Å². The standard InChI is InChI=1S/C7H3F3N2O3/c8-5-3(2-13)1-11-7(12(14)15)4(5)6(9)10/h1-2,6H. The molecule has 1 aromatic rings. The van der Waals surface area contributed by atoms with E-state index < -0.39 is 34.1 Å². The van der Waals surface area contributed by atoms with Crippen LogP contribution in [-0.4, -0.2) is 16.2 Å². The topological polar surface area (TPSA) is 73.1 Å². The molecule has 0 unspecified atom stereocenters. The molecule has 5 nitrogen and oxygen atoms in total. The van der Waals surface area contributed by atoms with Crippen LogP contribution in [0.1, 0.15) is 22.3 Å². The van der Waals surface area contributed by atoms with E-state index in [0.717, 1.165) is 0 Å². The Balaban J connectivity index is 3.51. The number of pyridine rings is 1. The molecule has 0 N–H and O–H groups in total. The summed E-state index contributed by atoms with van der Waals surface area (Å²) in [5.74, 6) is -2.89. The van der Waals surface area contributed by atoms with Gasteiger partial charge in [0.15, 0.2) is 23.9 Å². The van der Waals surface area contributed by atoms with E-state index in [2.05, 4.69) is 4.98 Å². The zero-order valence-corrected chi connectivity index (χ0v) is 6.99. The average molecular weight is 220 g/mol. The predicted molar refractivity (Wildman–Crippen MR) is 41.2 cm³/mol. The van der Waals surface area contributed by atoms with Crippen LogP contribution in [0.3, 0.4) is 0 Å². The molecule has 0 atom stereocenters. The molecule has 0 spiro atoms. The molecule has 0 radical (unpaired) electrons. The number of hydrogen-bond donors (Lipinski definition) is 0. The molecule has 1 aromatic heterocycles. The molecule has 8 heteroatoms. The number of nitro groups is 1. The summed E-state index contributed by atoms with van der Waals surface area (Å²) in [5.41, 5.74) is -2.21.